The Labute approximate surface area is 138 Å². The number of amides is 1. The fourth-order valence-electron chi connectivity index (χ4n) is 2.20. The Balaban J connectivity index is 2.45. The molecule has 22 heavy (non-hydrogen) atoms. The molecule has 0 bridgehead atoms. The fraction of sp³-hybridized carbons (Fsp3) is 0.588. The topological polar surface area (TPSA) is 47.6 Å². The lowest BCUT2D eigenvalue weighted by molar-refractivity contribution is -0.121. The lowest BCUT2D eigenvalue weighted by Crippen LogP contribution is -2.22. The Morgan fingerprint density at radius 1 is 1.09 bits per heavy atom. The first-order valence-electron chi connectivity index (χ1n) is 7.79. The summed E-state index contributed by atoms with van der Waals surface area (Å²) in [7, 11) is 3.14. The van der Waals surface area contributed by atoms with Gasteiger partial charge in [0.2, 0.25) is 5.91 Å². The number of carbonyl (C=O) groups is 1. The number of nitrogens with one attached hydrogen (secondary N) is 1. The molecule has 0 saturated heterocycles. The number of hydrogen-bond acceptors (Lipinski definition) is 3. The summed E-state index contributed by atoms with van der Waals surface area (Å²) in [5.74, 6) is 1.25. The first-order valence-corrected chi connectivity index (χ1v) is 8.17. The summed E-state index contributed by atoms with van der Waals surface area (Å²) in [6.45, 7) is 2.58. The molecule has 0 atom stereocenters. The van der Waals surface area contributed by atoms with Crippen molar-refractivity contribution in [3.05, 3.63) is 22.7 Å². The van der Waals surface area contributed by atoms with Crippen molar-refractivity contribution in [1.82, 2.24) is 5.32 Å². The van der Waals surface area contributed by atoms with E-state index in [1.807, 2.05) is 0 Å². The van der Waals surface area contributed by atoms with Crippen LogP contribution in [0.2, 0.25) is 5.02 Å². The van der Waals surface area contributed by atoms with Crippen molar-refractivity contribution < 1.29 is 14.3 Å². The zero-order chi connectivity index (χ0) is 16.4. The summed E-state index contributed by atoms with van der Waals surface area (Å²) in [4.78, 5) is 11.8. The van der Waals surface area contributed by atoms with E-state index in [1.165, 1.54) is 19.3 Å². The van der Waals surface area contributed by atoms with Gasteiger partial charge in [-0.2, -0.15) is 0 Å². The highest BCUT2D eigenvalue weighted by molar-refractivity contribution is 6.31. The maximum Gasteiger partial charge on any atom is 0.220 e. The van der Waals surface area contributed by atoms with Gasteiger partial charge in [-0.1, -0.05) is 44.2 Å². The van der Waals surface area contributed by atoms with Gasteiger partial charge < -0.3 is 14.8 Å². The summed E-state index contributed by atoms with van der Waals surface area (Å²) < 4.78 is 10.4. The monoisotopic (exact) mass is 327 g/mol. The molecule has 1 amide bonds. The number of methoxy groups -OCH3 is 2. The highest BCUT2D eigenvalue weighted by Crippen LogP contribution is 2.32. The van der Waals surface area contributed by atoms with Crippen molar-refractivity contribution in [2.75, 3.05) is 14.2 Å². The number of unbranched alkanes of at least 4 members (excludes halogenated alkanes) is 4. The van der Waals surface area contributed by atoms with E-state index >= 15 is 0 Å². The predicted molar refractivity (Wildman–Crippen MR) is 89.8 cm³/mol. The van der Waals surface area contributed by atoms with Crippen LogP contribution in [0.1, 0.15) is 51.0 Å². The normalized spacial score (nSPS) is 10.4. The van der Waals surface area contributed by atoms with Crippen LogP contribution in [0, 0.1) is 0 Å². The third-order valence-electron chi connectivity index (χ3n) is 3.54. The number of benzene rings is 1. The molecule has 1 aromatic rings. The van der Waals surface area contributed by atoms with Crippen LogP contribution in [-0.2, 0) is 11.3 Å². The Morgan fingerprint density at radius 2 is 1.73 bits per heavy atom. The summed E-state index contributed by atoms with van der Waals surface area (Å²) >= 11 is 6.20. The first kappa shape index (κ1) is 18.6. The Hall–Kier alpha value is -1.42. The predicted octanol–water partition coefficient (Wildman–Crippen LogP) is 4.33. The van der Waals surface area contributed by atoms with Crippen LogP contribution < -0.4 is 14.8 Å². The van der Waals surface area contributed by atoms with Gasteiger partial charge in [0.1, 0.15) is 0 Å². The van der Waals surface area contributed by atoms with E-state index in [-0.39, 0.29) is 5.91 Å². The van der Waals surface area contributed by atoms with E-state index in [0.717, 1.165) is 18.4 Å². The van der Waals surface area contributed by atoms with E-state index < -0.39 is 0 Å². The van der Waals surface area contributed by atoms with E-state index in [1.54, 1.807) is 26.4 Å². The minimum Gasteiger partial charge on any atom is -0.493 e. The van der Waals surface area contributed by atoms with E-state index in [0.29, 0.717) is 29.5 Å². The van der Waals surface area contributed by atoms with Crippen molar-refractivity contribution in [3.63, 3.8) is 0 Å². The molecule has 124 valence electrons. The average Bonchev–Trinajstić information content (AvgIpc) is 2.53. The fourth-order valence-corrected chi connectivity index (χ4v) is 2.42. The largest absolute Gasteiger partial charge is 0.493 e. The zero-order valence-electron chi connectivity index (χ0n) is 13.7. The molecule has 0 aliphatic heterocycles. The molecular formula is C17H26ClNO3. The Kier molecular flexibility index (Phi) is 8.75. The summed E-state index contributed by atoms with van der Waals surface area (Å²) in [6, 6.07) is 3.50. The van der Waals surface area contributed by atoms with Gasteiger partial charge in [0.15, 0.2) is 11.5 Å². The van der Waals surface area contributed by atoms with Gasteiger partial charge in [-0.3, -0.25) is 4.79 Å². The first-order chi connectivity index (χ1) is 10.6. The van der Waals surface area contributed by atoms with Crippen molar-refractivity contribution in [2.24, 2.45) is 0 Å². The van der Waals surface area contributed by atoms with Crippen LogP contribution in [0.5, 0.6) is 11.5 Å². The molecule has 4 nitrogen and oxygen atoms in total. The van der Waals surface area contributed by atoms with Gasteiger partial charge in [0.05, 0.1) is 14.2 Å². The molecule has 0 unspecified atom stereocenters. The number of hydrogen-bond donors (Lipinski definition) is 1. The van der Waals surface area contributed by atoms with Gasteiger partial charge in [-0.25, -0.2) is 0 Å². The SMILES string of the molecule is CCCCCCCC(=O)NCc1cc(OC)c(OC)cc1Cl. The van der Waals surface area contributed by atoms with Gasteiger partial charge in [0, 0.05) is 24.1 Å². The van der Waals surface area contributed by atoms with Crippen molar-refractivity contribution in [2.45, 2.75) is 52.0 Å². The van der Waals surface area contributed by atoms with Crippen LogP contribution in [0.4, 0.5) is 0 Å². The molecule has 0 aliphatic rings. The van der Waals surface area contributed by atoms with Crippen LogP contribution in [0.15, 0.2) is 12.1 Å². The summed E-state index contributed by atoms with van der Waals surface area (Å²) in [5.41, 5.74) is 0.818. The summed E-state index contributed by atoms with van der Waals surface area (Å²) in [6.07, 6.45) is 6.26. The van der Waals surface area contributed by atoms with Gasteiger partial charge in [-0.15, -0.1) is 0 Å². The van der Waals surface area contributed by atoms with E-state index in [2.05, 4.69) is 12.2 Å². The van der Waals surface area contributed by atoms with Crippen molar-refractivity contribution in [3.8, 4) is 11.5 Å². The lowest BCUT2D eigenvalue weighted by Gasteiger charge is -2.12. The molecule has 1 rings (SSSR count). The highest BCUT2D eigenvalue weighted by Gasteiger charge is 2.10. The molecule has 0 heterocycles. The number of carbonyl (C=O) groups excluding carboxylic acids is 1. The molecular weight excluding hydrogens is 302 g/mol. The smallest absolute Gasteiger partial charge is 0.220 e. The molecule has 0 saturated carbocycles. The van der Waals surface area contributed by atoms with Crippen LogP contribution in [-0.4, -0.2) is 20.1 Å². The molecule has 5 heteroatoms. The molecule has 0 radical (unpaired) electrons. The lowest BCUT2D eigenvalue weighted by atomic mass is 10.1. The second kappa shape index (κ2) is 10.3. The average molecular weight is 328 g/mol. The second-order valence-corrected chi connectivity index (χ2v) is 5.65. The maximum atomic E-state index is 11.8. The number of ether oxygens (including phenoxy) is 2. The number of rotatable bonds is 10. The molecule has 1 N–H and O–H groups in total. The summed E-state index contributed by atoms with van der Waals surface area (Å²) in [5, 5.41) is 3.46. The number of halogens is 1. The molecule has 0 spiro atoms. The molecule has 1 aromatic carbocycles. The standard InChI is InChI=1S/C17H26ClNO3/c1-4-5-6-7-8-9-17(20)19-12-13-10-15(21-2)16(22-3)11-14(13)18/h10-11H,4-9,12H2,1-3H3,(H,19,20). The Morgan fingerprint density at radius 3 is 2.36 bits per heavy atom. The van der Waals surface area contributed by atoms with Crippen LogP contribution >= 0.6 is 11.6 Å². The van der Waals surface area contributed by atoms with Gasteiger partial charge in [0.25, 0.3) is 0 Å². The van der Waals surface area contributed by atoms with Gasteiger partial charge >= 0.3 is 0 Å². The molecule has 0 aliphatic carbocycles. The Bertz CT molecular complexity index is 477. The van der Waals surface area contributed by atoms with E-state index in [9.17, 15) is 4.79 Å². The second-order valence-electron chi connectivity index (χ2n) is 5.24. The third-order valence-corrected chi connectivity index (χ3v) is 3.89. The third kappa shape index (κ3) is 6.14. The van der Waals surface area contributed by atoms with Crippen molar-refractivity contribution in [1.29, 1.82) is 0 Å². The highest BCUT2D eigenvalue weighted by atomic mass is 35.5. The maximum absolute atomic E-state index is 11.8. The molecule has 0 aromatic heterocycles. The quantitative estimate of drug-likeness (QED) is 0.650. The van der Waals surface area contributed by atoms with Crippen LogP contribution in [0.25, 0.3) is 0 Å². The van der Waals surface area contributed by atoms with Crippen molar-refractivity contribution >= 4 is 17.5 Å². The minimum atomic E-state index is 0.0577. The zero-order valence-corrected chi connectivity index (χ0v) is 14.5. The molecule has 0 fully saturated rings. The van der Waals surface area contributed by atoms with Crippen LogP contribution in [0.3, 0.4) is 0 Å². The van der Waals surface area contributed by atoms with E-state index in [4.69, 9.17) is 21.1 Å². The van der Waals surface area contributed by atoms with Gasteiger partial charge in [-0.05, 0) is 18.1 Å². The minimum absolute atomic E-state index is 0.0577.